The van der Waals surface area contributed by atoms with Crippen molar-refractivity contribution in [3.05, 3.63) is 69.9 Å². The molecule has 0 saturated heterocycles. The third-order valence-corrected chi connectivity index (χ3v) is 5.07. The second-order valence-corrected chi connectivity index (χ2v) is 7.12. The highest BCUT2D eigenvalue weighted by Crippen LogP contribution is 2.20. The van der Waals surface area contributed by atoms with E-state index < -0.39 is 5.97 Å². The van der Waals surface area contributed by atoms with E-state index in [9.17, 15) is 4.79 Å². The fraction of sp³-hybridized carbons (Fsp3) is 0.250. The number of benzene rings is 2. The molecule has 0 atom stereocenters. The summed E-state index contributed by atoms with van der Waals surface area (Å²) in [5.41, 5.74) is 2.48. The fourth-order valence-electron chi connectivity index (χ4n) is 2.86. The lowest BCUT2D eigenvalue weighted by molar-refractivity contribution is -0.137. The lowest BCUT2D eigenvalue weighted by Gasteiger charge is -2.21. The van der Waals surface area contributed by atoms with Crippen LogP contribution in [0.5, 0.6) is 0 Å². The number of fused-ring (bicyclic) bond motifs is 1. The molecule has 3 rings (SSSR count). The van der Waals surface area contributed by atoms with E-state index in [1.807, 2.05) is 12.1 Å². The zero-order valence-corrected chi connectivity index (χ0v) is 14.6. The zero-order chi connectivity index (χ0) is 16.9. The van der Waals surface area contributed by atoms with Crippen LogP contribution in [-0.4, -0.2) is 22.5 Å². The molecular weight excluding hydrogens is 318 g/mol. The van der Waals surface area contributed by atoms with Gasteiger partial charge in [0.2, 0.25) is 0 Å². The molecule has 0 aliphatic heterocycles. The van der Waals surface area contributed by atoms with Gasteiger partial charge in [-0.2, -0.15) is 0 Å². The molecule has 0 radical (unpaired) electrons. The number of rotatable bonds is 7. The molecule has 0 aliphatic carbocycles. The van der Waals surface area contributed by atoms with Crippen molar-refractivity contribution in [1.82, 2.24) is 4.90 Å². The van der Waals surface area contributed by atoms with E-state index in [1.54, 1.807) is 11.3 Å². The minimum Gasteiger partial charge on any atom is -0.481 e. The fourth-order valence-corrected chi connectivity index (χ4v) is 3.77. The van der Waals surface area contributed by atoms with Crippen LogP contribution < -0.4 is 0 Å². The summed E-state index contributed by atoms with van der Waals surface area (Å²) in [6.45, 7) is 4.19. The number of aryl methyl sites for hydroxylation is 1. The third-order valence-electron chi connectivity index (χ3n) is 4.03. The highest BCUT2D eigenvalue weighted by Gasteiger charge is 2.11. The van der Waals surface area contributed by atoms with Crippen LogP contribution in [0.4, 0.5) is 0 Å². The smallest absolute Gasteiger partial charge is 0.304 e. The Morgan fingerprint density at radius 3 is 2.58 bits per heavy atom. The van der Waals surface area contributed by atoms with Gasteiger partial charge in [0.25, 0.3) is 0 Å². The molecule has 0 bridgehead atoms. The first-order valence-electron chi connectivity index (χ1n) is 8.06. The average molecular weight is 339 g/mol. The van der Waals surface area contributed by atoms with E-state index in [-0.39, 0.29) is 6.42 Å². The Bertz CT molecular complexity index is 840. The van der Waals surface area contributed by atoms with Crippen LogP contribution >= 0.6 is 11.3 Å². The first-order chi connectivity index (χ1) is 11.6. The first kappa shape index (κ1) is 16.7. The molecule has 1 heterocycles. The Balaban J connectivity index is 1.76. The summed E-state index contributed by atoms with van der Waals surface area (Å²) in [7, 11) is 0. The van der Waals surface area contributed by atoms with Gasteiger partial charge in [-0.25, -0.2) is 0 Å². The summed E-state index contributed by atoms with van der Waals surface area (Å²) in [5, 5.41) is 13.6. The summed E-state index contributed by atoms with van der Waals surface area (Å²) in [6, 6.07) is 17.0. The molecule has 24 heavy (non-hydrogen) atoms. The van der Waals surface area contributed by atoms with Crippen molar-refractivity contribution < 1.29 is 9.90 Å². The molecule has 0 saturated carbocycles. The van der Waals surface area contributed by atoms with Gasteiger partial charge in [0.15, 0.2) is 0 Å². The monoisotopic (exact) mass is 339 g/mol. The molecule has 124 valence electrons. The summed E-state index contributed by atoms with van der Waals surface area (Å²) in [5.74, 6) is -0.749. The normalized spacial score (nSPS) is 11.2. The van der Waals surface area contributed by atoms with Gasteiger partial charge in [0.05, 0.1) is 6.42 Å². The molecule has 1 aromatic heterocycles. The summed E-state index contributed by atoms with van der Waals surface area (Å²) >= 11 is 1.74. The topological polar surface area (TPSA) is 40.5 Å². The van der Waals surface area contributed by atoms with Crippen molar-refractivity contribution in [2.45, 2.75) is 26.4 Å². The molecular formula is C20H21NO2S. The predicted octanol–water partition coefficient (Wildman–Crippen LogP) is 4.69. The summed E-state index contributed by atoms with van der Waals surface area (Å²) < 4.78 is 0. The maximum Gasteiger partial charge on any atom is 0.304 e. The second kappa shape index (κ2) is 7.60. The quantitative estimate of drug-likeness (QED) is 0.679. The van der Waals surface area contributed by atoms with Crippen LogP contribution in [0.2, 0.25) is 0 Å². The number of carboxylic acid groups (broad SMARTS) is 1. The number of hydrogen-bond acceptors (Lipinski definition) is 3. The third kappa shape index (κ3) is 4.43. The Hall–Kier alpha value is -2.17. The Morgan fingerprint density at radius 2 is 1.88 bits per heavy atom. The van der Waals surface area contributed by atoms with Crippen molar-refractivity contribution in [3.8, 4) is 0 Å². The van der Waals surface area contributed by atoms with Gasteiger partial charge in [-0.1, -0.05) is 36.4 Å². The van der Waals surface area contributed by atoms with Crippen LogP contribution in [0.3, 0.4) is 0 Å². The number of aliphatic carboxylic acids is 1. The highest BCUT2D eigenvalue weighted by atomic mass is 32.1. The first-order valence-corrected chi connectivity index (χ1v) is 8.94. The van der Waals surface area contributed by atoms with Crippen molar-refractivity contribution >= 4 is 28.1 Å². The lowest BCUT2D eigenvalue weighted by atomic mass is 10.1. The van der Waals surface area contributed by atoms with Crippen molar-refractivity contribution in [3.63, 3.8) is 0 Å². The summed E-state index contributed by atoms with van der Waals surface area (Å²) in [6.07, 6.45) is 0.165. The zero-order valence-electron chi connectivity index (χ0n) is 13.7. The van der Waals surface area contributed by atoms with Crippen LogP contribution in [-0.2, 0) is 17.9 Å². The standard InChI is InChI=1S/C20H21NO2S/c1-15-10-19(24-14-15)13-21(9-8-20(22)23)12-16-6-7-17-4-2-3-5-18(17)11-16/h2-7,10-11,14H,8-9,12-13H2,1H3,(H,22,23). The average Bonchev–Trinajstić information content (AvgIpc) is 2.97. The number of hydrogen-bond donors (Lipinski definition) is 1. The molecule has 0 spiro atoms. The minimum atomic E-state index is -0.749. The molecule has 1 N–H and O–H groups in total. The maximum absolute atomic E-state index is 11.0. The second-order valence-electron chi connectivity index (χ2n) is 6.13. The van der Waals surface area contributed by atoms with Gasteiger partial charge in [-0.15, -0.1) is 11.3 Å². The SMILES string of the molecule is Cc1csc(CN(CCC(=O)O)Cc2ccc3ccccc3c2)c1. The molecule has 3 aromatic rings. The van der Waals surface area contributed by atoms with E-state index in [4.69, 9.17) is 5.11 Å². The van der Waals surface area contributed by atoms with Crippen LogP contribution in [0.1, 0.15) is 22.4 Å². The Labute approximate surface area is 146 Å². The highest BCUT2D eigenvalue weighted by molar-refractivity contribution is 7.10. The largest absolute Gasteiger partial charge is 0.481 e. The molecule has 3 nitrogen and oxygen atoms in total. The number of carboxylic acids is 1. The lowest BCUT2D eigenvalue weighted by Crippen LogP contribution is -2.25. The van der Waals surface area contributed by atoms with Crippen LogP contribution in [0.15, 0.2) is 53.9 Å². The van der Waals surface area contributed by atoms with Gasteiger partial charge < -0.3 is 5.11 Å². The van der Waals surface area contributed by atoms with Crippen molar-refractivity contribution in [2.75, 3.05) is 6.54 Å². The van der Waals surface area contributed by atoms with Crippen LogP contribution in [0, 0.1) is 6.92 Å². The van der Waals surface area contributed by atoms with E-state index in [0.717, 1.165) is 13.1 Å². The molecule has 0 unspecified atom stereocenters. The Morgan fingerprint density at radius 1 is 1.08 bits per heavy atom. The van der Waals surface area contributed by atoms with E-state index in [1.165, 1.54) is 26.8 Å². The molecule has 0 fully saturated rings. The van der Waals surface area contributed by atoms with E-state index >= 15 is 0 Å². The van der Waals surface area contributed by atoms with Crippen molar-refractivity contribution in [2.24, 2.45) is 0 Å². The molecule has 0 aliphatic rings. The van der Waals surface area contributed by atoms with Crippen LogP contribution in [0.25, 0.3) is 10.8 Å². The molecule has 0 amide bonds. The van der Waals surface area contributed by atoms with Crippen molar-refractivity contribution in [1.29, 1.82) is 0 Å². The van der Waals surface area contributed by atoms with Gasteiger partial charge in [-0.05, 0) is 46.3 Å². The number of thiophene rings is 1. The number of carbonyl (C=O) groups is 1. The van der Waals surface area contributed by atoms with Gasteiger partial charge in [0.1, 0.15) is 0 Å². The van der Waals surface area contributed by atoms with Gasteiger partial charge in [-0.3, -0.25) is 9.69 Å². The molecule has 2 aromatic carbocycles. The number of nitrogens with zero attached hydrogens (tertiary/aromatic N) is 1. The van der Waals surface area contributed by atoms with Gasteiger partial charge in [0, 0.05) is 24.5 Å². The molecule has 4 heteroatoms. The van der Waals surface area contributed by atoms with E-state index in [0.29, 0.717) is 6.54 Å². The minimum absolute atomic E-state index is 0.165. The summed E-state index contributed by atoms with van der Waals surface area (Å²) in [4.78, 5) is 14.5. The van der Waals surface area contributed by atoms with E-state index in [2.05, 4.69) is 53.6 Å². The predicted molar refractivity (Wildman–Crippen MR) is 99.4 cm³/mol. The van der Waals surface area contributed by atoms with Gasteiger partial charge >= 0.3 is 5.97 Å². The maximum atomic E-state index is 11.0. The Kier molecular flexibility index (Phi) is 5.28.